The van der Waals surface area contributed by atoms with Crippen LogP contribution in [0.25, 0.3) is 0 Å². The Labute approximate surface area is 195 Å². The number of ether oxygens (including phenoxy) is 1. The number of anilines is 3. The summed E-state index contributed by atoms with van der Waals surface area (Å²) in [5.74, 6) is 0.789. The third-order valence-corrected chi connectivity index (χ3v) is 5.65. The number of aryl methyl sites for hydroxylation is 1. The number of rotatable bonds is 7. The van der Waals surface area contributed by atoms with Crippen LogP contribution in [0.15, 0.2) is 58.7 Å². The zero-order valence-electron chi connectivity index (χ0n) is 18.8. The second kappa shape index (κ2) is 10.1. The molecular weight excluding hydrogens is 424 g/mol. The average Bonchev–Trinajstić information content (AvgIpc) is 2.78. The Bertz CT molecular complexity index is 972. The van der Waals surface area contributed by atoms with Gasteiger partial charge in [-0.25, -0.2) is 10.0 Å². The van der Waals surface area contributed by atoms with Crippen molar-refractivity contribution in [3.05, 3.63) is 59.3 Å². The molecule has 2 aliphatic heterocycles. The van der Waals surface area contributed by atoms with Crippen molar-refractivity contribution in [3.63, 3.8) is 0 Å². The molecule has 0 aliphatic carbocycles. The molecule has 0 bridgehead atoms. The predicted octanol–water partition coefficient (Wildman–Crippen LogP) is 4.38. The van der Waals surface area contributed by atoms with Gasteiger partial charge in [0.15, 0.2) is 0 Å². The van der Waals surface area contributed by atoms with Gasteiger partial charge in [-0.3, -0.25) is 5.43 Å². The molecule has 2 aromatic carbocycles. The first kappa shape index (κ1) is 22.3. The molecule has 1 unspecified atom stereocenters. The zero-order chi connectivity index (χ0) is 22.5. The van der Waals surface area contributed by atoms with Crippen molar-refractivity contribution >= 4 is 34.9 Å². The Morgan fingerprint density at radius 3 is 2.62 bits per heavy atom. The standard InChI is InChI=1S/C24H31ClN6O/c1-17(2)32-22-16-21(30-13-11-26-12-14-30)18(3)15-20(22)29-31-23(25)9-10-27-24(31)28-19-7-5-4-6-8-19/h4-10,15-17,24,26,28-29H,11-14H2,1-3H3. The number of para-hydroxylation sites is 1. The Morgan fingerprint density at radius 2 is 1.91 bits per heavy atom. The smallest absolute Gasteiger partial charge is 0.215 e. The van der Waals surface area contributed by atoms with Gasteiger partial charge in [-0.05, 0) is 50.6 Å². The van der Waals surface area contributed by atoms with Crippen LogP contribution in [0.5, 0.6) is 5.75 Å². The van der Waals surface area contributed by atoms with Crippen LogP contribution in [0.1, 0.15) is 19.4 Å². The average molecular weight is 455 g/mol. The highest BCUT2D eigenvalue weighted by atomic mass is 35.5. The van der Waals surface area contributed by atoms with Gasteiger partial charge in [-0.15, -0.1) is 0 Å². The van der Waals surface area contributed by atoms with E-state index in [1.54, 1.807) is 17.3 Å². The monoisotopic (exact) mass is 454 g/mol. The molecule has 7 nitrogen and oxygen atoms in total. The SMILES string of the molecule is Cc1cc(NN2C(Cl)=CC=NC2Nc2ccccc2)c(OC(C)C)cc1N1CCNCC1. The van der Waals surface area contributed by atoms with Crippen molar-refractivity contribution in [3.8, 4) is 5.75 Å². The van der Waals surface area contributed by atoms with Crippen LogP contribution in [-0.4, -0.2) is 49.8 Å². The summed E-state index contributed by atoms with van der Waals surface area (Å²) in [6.45, 7) is 10.1. The summed E-state index contributed by atoms with van der Waals surface area (Å²) in [5.41, 5.74) is 7.63. The van der Waals surface area contributed by atoms with E-state index in [4.69, 9.17) is 16.3 Å². The maximum atomic E-state index is 6.58. The third-order valence-electron chi connectivity index (χ3n) is 5.34. The van der Waals surface area contributed by atoms with Crippen LogP contribution in [0.4, 0.5) is 17.1 Å². The number of nitrogens with one attached hydrogen (secondary N) is 3. The maximum absolute atomic E-state index is 6.58. The van der Waals surface area contributed by atoms with Crippen molar-refractivity contribution in [2.75, 3.05) is 41.8 Å². The summed E-state index contributed by atoms with van der Waals surface area (Å²) in [4.78, 5) is 6.97. The van der Waals surface area contributed by atoms with E-state index in [1.165, 1.54) is 11.3 Å². The van der Waals surface area contributed by atoms with E-state index in [9.17, 15) is 0 Å². The lowest BCUT2D eigenvalue weighted by molar-refractivity contribution is 0.241. The van der Waals surface area contributed by atoms with E-state index >= 15 is 0 Å². The normalized spacial score (nSPS) is 18.5. The first-order chi connectivity index (χ1) is 15.5. The van der Waals surface area contributed by atoms with Crippen molar-refractivity contribution in [2.24, 2.45) is 4.99 Å². The largest absolute Gasteiger partial charge is 0.489 e. The Hall–Kier alpha value is -2.90. The second-order valence-electron chi connectivity index (χ2n) is 8.19. The predicted molar refractivity (Wildman–Crippen MR) is 134 cm³/mol. The molecule has 1 saturated heterocycles. The lowest BCUT2D eigenvalue weighted by atomic mass is 10.1. The van der Waals surface area contributed by atoms with E-state index in [0.717, 1.165) is 43.3 Å². The van der Waals surface area contributed by atoms with Gasteiger partial charge >= 0.3 is 0 Å². The van der Waals surface area contributed by atoms with Gasteiger partial charge in [0.1, 0.15) is 10.9 Å². The van der Waals surface area contributed by atoms with Gasteiger partial charge in [-0.1, -0.05) is 29.8 Å². The van der Waals surface area contributed by atoms with Gasteiger partial charge in [0.25, 0.3) is 0 Å². The van der Waals surface area contributed by atoms with Crippen LogP contribution >= 0.6 is 11.6 Å². The van der Waals surface area contributed by atoms with Crippen molar-refractivity contribution < 1.29 is 4.74 Å². The zero-order valence-corrected chi connectivity index (χ0v) is 19.6. The molecule has 32 heavy (non-hydrogen) atoms. The van der Waals surface area contributed by atoms with Gasteiger partial charge in [0.05, 0.1) is 11.8 Å². The van der Waals surface area contributed by atoms with Gasteiger partial charge in [0.2, 0.25) is 6.29 Å². The minimum absolute atomic E-state index is 0.0396. The number of benzene rings is 2. The molecule has 0 saturated carbocycles. The van der Waals surface area contributed by atoms with Crippen molar-refractivity contribution in [1.82, 2.24) is 10.3 Å². The quantitative estimate of drug-likeness (QED) is 0.539. The first-order valence-electron chi connectivity index (χ1n) is 11.0. The molecule has 0 radical (unpaired) electrons. The number of halogens is 1. The first-order valence-corrected chi connectivity index (χ1v) is 11.4. The number of allylic oxidation sites excluding steroid dienone is 1. The molecule has 1 atom stereocenters. The number of hydrazine groups is 1. The summed E-state index contributed by atoms with van der Waals surface area (Å²) < 4.78 is 6.21. The van der Waals surface area contributed by atoms with Crippen LogP contribution < -0.4 is 25.7 Å². The number of aliphatic imine (C=N–C) groups is 1. The van der Waals surface area contributed by atoms with E-state index in [2.05, 4.69) is 45.0 Å². The second-order valence-corrected chi connectivity index (χ2v) is 8.58. The highest BCUT2D eigenvalue weighted by molar-refractivity contribution is 6.30. The molecule has 0 aromatic heterocycles. The minimum atomic E-state index is -0.407. The summed E-state index contributed by atoms with van der Waals surface area (Å²) in [5, 5.41) is 9.16. The van der Waals surface area contributed by atoms with Crippen LogP contribution in [0.3, 0.4) is 0 Å². The fourth-order valence-electron chi connectivity index (χ4n) is 3.84. The Balaban J connectivity index is 1.62. The molecule has 3 N–H and O–H groups in total. The number of hydrogen-bond donors (Lipinski definition) is 3. The third kappa shape index (κ3) is 5.29. The number of hydrogen-bond acceptors (Lipinski definition) is 7. The number of piperazine rings is 1. The topological polar surface area (TPSA) is 64.2 Å². The lowest BCUT2D eigenvalue weighted by Crippen LogP contribution is -2.44. The molecule has 2 heterocycles. The molecule has 2 aromatic rings. The molecule has 170 valence electrons. The van der Waals surface area contributed by atoms with Crippen LogP contribution in [0.2, 0.25) is 0 Å². The summed E-state index contributed by atoms with van der Waals surface area (Å²) >= 11 is 6.58. The lowest BCUT2D eigenvalue weighted by Gasteiger charge is -2.35. The minimum Gasteiger partial charge on any atom is -0.489 e. The van der Waals surface area contributed by atoms with E-state index in [1.807, 2.05) is 44.2 Å². The highest BCUT2D eigenvalue weighted by Crippen LogP contribution is 2.36. The van der Waals surface area contributed by atoms with Gasteiger partial charge < -0.3 is 20.3 Å². The Kier molecular flexibility index (Phi) is 7.07. The fraction of sp³-hybridized carbons (Fsp3) is 0.375. The molecule has 0 amide bonds. The number of nitrogens with zero attached hydrogens (tertiary/aromatic N) is 3. The maximum Gasteiger partial charge on any atom is 0.215 e. The van der Waals surface area contributed by atoms with E-state index in [-0.39, 0.29) is 6.10 Å². The molecule has 0 spiro atoms. The fourth-order valence-corrected chi connectivity index (χ4v) is 4.03. The van der Waals surface area contributed by atoms with E-state index in [0.29, 0.717) is 5.16 Å². The van der Waals surface area contributed by atoms with Gasteiger partial charge in [0, 0.05) is 49.8 Å². The Morgan fingerprint density at radius 1 is 1.16 bits per heavy atom. The van der Waals surface area contributed by atoms with Crippen molar-refractivity contribution in [2.45, 2.75) is 33.2 Å². The van der Waals surface area contributed by atoms with E-state index < -0.39 is 6.29 Å². The van der Waals surface area contributed by atoms with Crippen LogP contribution in [0, 0.1) is 6.92 Å². The van der Waals surface area contributed by atoms with Gasteiger partial charge in [-0.2, -0.15) is 0 Å². The molecule has 8 heteroatoms. The molecular formula is C24H31ClN6O. The molecule has 1 fully saturated rings. The molecule has 2 aliphatic rings. The molecule has 4 rings (SSSR count). The summed E-state index contributed by atoms with van der Waals surface area (Å²) in [6, 6.07) is 14.2. The van der Waals surface area contributed by atoms with Crippen LogP contribution in [-0.2, 0) is 0 Å². The summed E-state index contributed by atoms with van der Waals surface area (Å²) in [6.07, 6.45) is 3.11. The van der Waals surface area contributed by atoms with Crippen molar-refractivity contribution in [1.29, 1.82) is 0 Å². The highest BCUT2D eigenvalue weighted by Gasteiger charge is 2.24. The summed E-state index contributed by atoms with van der Waals surface area (Å²) in [7, 11) is 0.